The minimum absolute atomic E-state index is 0.0875. The van der Waals surface area contributed by atoms with Crippen molar-refractivity contribution in [1.82, 2.24) is 4.98 Å². The van der Waals surface area contributed by atoms with Gasteiger partial charge in [-0.15, -0.1) is 0 Å². The molecular weight excluding hydrogens is 342 g/mol. The molecule has 0 bridgehead atoms. The lowest BCUT2D eigenvalue weighted by Gasteiger charge is -2.34. The minimum atomic E-state index is -0.804. The summed E-state index contributed by atoms with van der Waals surface area (Å²) in [4.78, 5) is 19.7. The van der Waals surface area contributed by atoms with Gasteiger partial charge in [0.05, 0.1) is 24.9 Å². The van der Waals surface area contributed by atoms with Gasteiger partial charge in [-0.25, -0.2) is 0 Å². The van der Waals surface area contributed by atoms with Gasteiger partial charge in [-0.3, -0.25) is 4.79 Å². The number of aliphatic hydroxyl groups is 1. The van der Waals surface area contributed by atoms with Crippen molar-refractivity contribution in [2.75, 3.05) is 42.6 Å². The molecule has 2 aromatic rings. The Morgan fingerprint density at radius 3 is 2.67 bits per heavy atom. The van der Waals surface area contributed by atoms with E-state index in [-0.39, 0.29) is 11.6 Å². The Labute approximate surface area is 159 Å². The summed E-state index contributed by atoms with van der Waals surface area (Å²) in [6.07, 6.45) is 1.41. The lowest BCUT2D eigenvalue weighted by molar-refractivity contribution is 0.0512. The van der Waals surface area contributed by atoms with Gasteiger partial charge in [-0.1, -0.05) is 30.3 Å². The first kappa shape index (κ1) is 18.1. The standard InChI is InChI=1S/C21H27N3O3/c1-21(26)7-8-24(18(21)13-16-5-3-2-4-6-16)19-14-17(15-20(25)22-19)23-9-11-27-12-10-23/h2-6,14-15,18,26H,7-13H2,1H3,(H,22,25)/t18-,21-/m0/s1. The van der Waals surface area contributed by atoms with E-state index < -0.39 is 5.60 Å². The summed E-state index contributed by atoms with van der Waals surface area (Å²) >= 11 is 0. The second kappa shape index (κ2) is 7.37. The molecular formula is C21H27N3O3. The van der Waals surface area contributed by atoms with Crippen LogP contribution in [0.1, 0.15) is 18.9 Å². The highest BCUT2D eigenvalue weighted by Gasteiger charge is 2.43. The Balaban J connectivity index is 1.64. The van der Waals surface area contributed by atoms with E-state index in [4.69, 9.17) is 4.74 Å². The number of hydrogen-bond donors (Lipinski definition) is 2. The predicted octanol–water partition coefficient (Wildman–Crippen LogP) is 1.78. The highest BCUT2D eigenvalue weighted by atomic mass is 16.5. The SMILES string of the molecule is C[C@]1(O)CCN(c2cc(N3CCOCC3)cc(=O)[nH]2)[C@H]1Cc1ccccc1. The molecule has 2 atom stereocenters. The molecule has 0 unspecified atom stereocenters. The number of anilines is 2. The molecule has 0 saturated carbocycles. The molecule has 2 aliphatic rings. The van der Waals surface area contributed by atoms with Crippen molar-refractivity contribution in [3.05, 3.63) is 58.4 Å². The third-order valence-corrected chi connectivity index (χ3v) is 5.73. The average Bonchev–Trinajstić information content (AvgIpc) is 2.97. The van der Waals surface area contributed by atoms with E-state index in [2.05, 4.69) is 26.9 Å². The van der Waals surface area contributed by atoms with Crippen molar-refractivity contribution in [2.24, 2.45) is 0 Å². The number of rotatable bonds is 4. The molecule has 1 aromatic carbocycles. The molecule has 0 aliphatic carbocycles. The van der Waals surface area contributed by atoms with Crippen molar-refractivity contribution >= 4 is 11.5 Å². The van der Waals surface area contributed by atoms with Gasteiger partial charge >= 0.3 is 0 Å². The van der Waals surface area contributed by atoms with E-state index in [1.54, 1.807) is 6.07 Å². The number of benzene rings is 1. The van der Waals surface area contributed by atoms with Crippen LogP contribution in [0.15, 0.2) is 47.3 Å². The smallest absolute Gasteiger partial charge is 0.251 e. The van der Waals surface area contributed by atoms with Crippen molar-refractivity contribution < 1.29 is 9.84 Å². The van der Waals surface area contributed by atoms with E-state index in [9.17, 15) is 9.90 Å². The Kier molecular flexibility index (Phi) is 4.93. The fourth-order valence-corrected chi connectivity index (χ4v) is 4.13. The number of ether oxygens (including phenoxy) is 1. The number of aromatic amines is 1. The van der Waals surface area contributed by atoms with E-state index >= 15 is 0 Å². The van der Waals surface area contributed by atoms with Gasteiger partial charge < -0.3 is 24.6 Å². The molecule has 0 radical (unpaired) electrons. The quantitative estimate of drug-likeness (QED) is 0.860. The summed E-state index contributed by atoms with van der Waals surface area (Å²) in [5, 5.41) is 11.0. The number of H-pyrrole nitrogens is 1. The van der Waals surface area contributed by atoms with Crippen molar-refractivity contribution in [1.29, 1.82) is 0 Å². The van der Waals surface area contributed by atoms with Gasteiger partial charge in [0, 0.05) is 37.5 Å². The second-order valence-electron chi connectivity index (χ2n) is 7.69. The van der Waals surface area contributed by atoms with Gasteiger partial charge in [-0.2, -0.15) is 0 Å². The molecule has 27 heavy (non-hydrogen) atoms. The molecule has 2 saturated heterocycles. The molecule has 0 amide bonds. The van der Waals surface area contributed by atoms with Gasteiger partial charge in [0.2, 0.25) is 0 Å². The van der Waals surface area contributed by atoms with Crippen LogP contribution in [-0.4, -0.2) is 54.6 Å². The maximum atomic E-state index is 12.3. The normalized spacial score (nSPS) is 25.8. The molecule has 1 aromatic heterocycles. The zero-order valence-electron chi connectivity index (χ0n) is 15.7. The van der Waals surface area contributed by atoms with Crippen LogP contribution in [0.25, 0.3) is 0 Å². The summed E-state index contributed by atoms with van der Waals surface area (Å²) in [5.41, 5.74) is 1.18. The first-order valence-electron chi connectivity index (χ1n) is 9.63. The topological polar surface area (TPSA) is 68.8 Å². The molecule has 6 heteroatoms. The Hall–Kier alpha value is -2.31. The first-order chi connectivity index (χ1) is 13.0. The fourth-order valence-electron chi connectivity index (χ4n) is 4.13. The van der Waals surface area contributed by atoms with Crippen molar-refractivity contribution in [3.63, 3.8) is 0 Å². The monoisotopic (exact) mass is 369 g/mol. The molecule has 2 aliphatic heterocycles. The molecule has 3 heterocycles. The third-order valence-electron chi connectivity index (χ3n) is 5.73. The molecule has 6 nitrogen and oxygen atoms in total. The lowest BCUT2D eigenvalue weighted by atomic mass is 9.91. The third kappa shape index (κ3) is 3.87. The highest BCUT2D eigenvalue weighted by molar-refractivity contribution is 5.56. The zero-order valence-corrected chi connectivity index (χ0v) is 15.7. The summed E-state index contributed by atoms with van der Waals surface area (Å²) in [6.45, 7) is 5.54. The van der Waals surface area contributed by atoms with Crippen LogP contribution in [0, 0.1) is 0 Å². The molecule has 2 N–H and O–H groups in total. The maximum absolute atomic E-state index is 12.3. The second-order valence-corrected chi connectivity index (χ2v) is 7.69. The van der Waals surface area contributed by atoms with Crippen LogP contribution in [0.2, 0.25) is 0 Å². The predicted molar refractivity (Wildman–Crippen MR) is 107 cm³/mol. The van der Waals surface area contributed by atoms with Crippen molar-refractivity contribution in [2.45, 2.75) is 31.4 Å². The Morgan fingerprint density at radius 2 is 1.93 bits per heavy atom. The van der Waals surface area contributed by atoms with Crippen LogP contribution in [0.5, 0.6) is 0 Å². The van der Waals surface area contributed by atoms with Crippen LogP contribution in [0.4, 0.5) is 11.5 Å². The summed E-state index contributed by atoms with van der Waals surface area (Å²) in [7, 11) is 0. The lowest BCUT2D eigenvalue weighted by Crippen LogP contribution is -2.45. The number of hydrogen-bond acceptors (Lipinski definition) is 5. The summed E-state index contributed by atoms with van der Waals surface area (Å²) in [5.74, 6) is 0.780. The molecule has 0 spiro atoms. The van der Waals surface area contributed by atoms with E-state index in [1.165, 1.54) is 5.56 Å². The van der Waals surface area contributed by atoms with E-state index in [0.29, 0.717) is 26.2 Å². The van der Waals surface area contributed by atoms with Crippen LogP contribution >= 0.6 is 0 Å². The molecule has 144 valence electrons. The molecule has 4 rings (SSSR count). The summed E-state index contributed by atoms with van der Waals surface area (Å²) < 4.78 is 5.42. The van der Waals surface area contributed by atoms with E-state index in [1.807, 2.05) is 31.2 Å². The van der Waals surface area contributed by atoms with Crippen LogP contribution in [0.3, 0.4) is 0 Å². The summed E-state index contributed by atoms with van der Waals surface area (Å²) in [6, 6.07) is 13.8. The number of pyridine rings is 1. The van der Waals surface area contributed by atoms with E-state index in [0.717, 1.165) is 31.0 Å². The number of nitrogens with one attached hydrogen (secondary N) is 1. The van der Waals surface area contributed by atoms with Gasteiger partial charge in [0.15, 0.2) is 0 Å². The fraction of sp³-hybridized carbons (Fsp3) is 0.476. The number of nitrogens with zero attached hydrogens (tertiary/aromatic N) is 2. The van der Waals surface area contributed by atoms with Crippen molar-refractivity contribution in [3.8, 4) is 0 Å². The minimum Gasteiger partial charge on any atom is -0.388 e. The molecule has 2 fully saturated rings. The Morgan fingerprint density at radius 1 is 1.19 bits per heavy atom. The van der Waals surface area contributed by atoms with Crippen LogP contribution in [-0.2, 0) is 11.2 Å². The average molecular weight is 369 g/mol. The largest absolute Gasteiger partial charge is 0.388 e. The van der Waals surface area contributed by atoms with Gasteiger partial charge in [0.25, 0.3) is 5.56 Å². The number of morpholine rings is 1. The van der Waals surface area contributed by atoms with Crippen LogP contribution < -0.4 is 15.4 Å². The van der Waals surface area contributed by atoms with Gasteiger partial charge in [0.1, 0.15) is 5.82 Å². The number of aromatic nitrogens is 1. The first-order valence-corrected chi connectivity index (χ1v) is 9.63. The highest BCUT2D eigenvalue weighted by Crippen LogP contribution is 2.34. The van der Waals surface area contributed by atoms with Gasteiger partial charge in [-0.05, 0) is 25.3 Å². The maximum Gasteiger partial charge on any atom is 0.251 e. The Bertz CT molecular complexity index is 828. The zero-order chi connectivity index (χ0) is 18.9.